The maximum absolute atomic E-state index is 11.6. The molecule has 1 aliphatic rings. The van der Waals surface area contributed by atoms with Gasteiger partial charge in [0, 0.05) is 36.1 Å². The van der Waals surface area contributed by atoms with E-state index in [1.165, 1.54) is 0 Å². The van der Waals surface area contributed by atoms with Crippen LogP contribution >= 0.6 is 0 Å². The molecule has 92 valence electrons. The number of carboxylic acids is 1. The molecule has 1 unspecified atom stereocenters. The van der Waals surface area contributed by atoms with Crippen LogP contribution in [-0.2, 0) is 20.4 Å². The van der Waals surface area contributed by atoms with Crippen LogP contribution in [0.15, 0.2) is 0 Å². The molecule has 0 spiro atoms. The van der Waals surface area contributed by atoms with E-state index in [0.717, 1.165) is 25.9 Å². The smallest absolute Gasteiger partial charge is 0.303 e. The molecular formula is C10H17NO4S. The monoisotopic (exact) mass is 247 g/mol. The zero-order chi connectivity index (χ0) is 12.0. The van der Waals surface area contributed by atoms with Crippen molar-refractivity contribution in [2.24, 2.45) is 0 Å². The van der Waals surface area contributed by atoms with Crippen molar-refractivity contribution in [3.05, 3.63) is 0 Å². The molecule has 0 radical (unpaired) electrons. The molecule has 16 heavy (non-hydrogen) atoms. The Kier molecular flexibility index (Phi) is 5.45. The lowest BCUT2D eigenvalue weighted by Gasteiger charge is -2.14. The lowest BCUT2D eigenvalue weighted by molar-refractivity contribution is -0.137. The first-order valence-electron chi connectivity index (χ1n) is 5.44. The van der Waals surface area contributed by atoms with E-state index in [4.69, 9.17) is 5.11 Å². The Bertz CT molecular complexity index is 287. The highest BCUT2D eigenvalue weighted by Crippen LogP contribution is 2.08. The SMILES string of the molecule is O=C(O)CCCS(=O)CC(=O)N1CCCC1. The van der Waals surface area contributed by atoms with Crippen molar-refractivity contribution in [1.82, 2.24) is 4.90 Å². The molecule has 1 N–H and O–H groups in total. The van der Waals surface area contributed by atoms with E-state index >= 15 is 0 Å². The fourth-order valence-electron chi connectivity index (χ4n) is 1.65. The van der Waals surface area contributed by atoms with Crippen LogP contribution in [0.1, 0.15) is 25.7 Å². The zero-order valence-electron chi connectivity index (χ0n) is 9.18. The van der Waals surface area contributed by atoms with Crippen LogP contribution < -0.4 is 0 Å². The Morgan fingerprint density at radius 2 is 1.88 bits per heavy atom. The van der Waals surface area contributed by atoms with Gasteiger partial charge in [0.05, 0.1) is 0 Å². The standard InChI is InChI=1S/C10H17NO4S/c12-9(11-5-1-2-6-11)8-16(15)7-3-4-10(13)14/h1-8H2,(H,13,14). The third kappa shape index (κ3) is 4.74. The molecule has 1 amide bonds. The van der Waals surface area contributed by atoms with Gasteiger partial charge in [-0.05, 0) is 19.3 Å². The summed E-state index contributed by atoms with van der Waals surface area (Å²) in [6.07, 6.45) is 2.44. The minimum Gasteiger partial charge on any atom is -0.481 e. The van der Waals surface area contributed by atoms with Crippen LogP contribution in [0.25, 0.3) is 0 Å². The highest BCUT2D eigenvalue weighted by atomic mass is 32.2. The first-order chi connectivity index (χ1) is 7.59. The number of aliphatic carboxylic acids is 1. The summed E-state index contributed by atoms with van der Waals surface area (Å²) in [5.41, 5.74) is 0. The first kappa shape index (κ1) is 13.2. The number of carbonyl (C=O) groups excluding carboxylic acids is 1. The van der Waals surface area contributed by atoms with E-state index < -0.39 is 16.8 Å². The summed E-state index contributed by atoms with van der Waals surface area (Å²) in [6, 6.07) is 0. The number of carbonyl (C=O) groups is 2. The Labute approximate surface area is 97.3 Å². The fourth-order valence-corrected chi connectivity index (χ4v) is 2.72. The second-order valence-electron chi connectivity index (χ2n) is 3.87. The van der Waals surface area contributed by atoms with Crippen molar-refractivity contribution in [3.8, 4) is 0 Å². The van der Waals surface area contributed by atoms with Crippen LogP contribution in [0.5, 0.6) is 0 Å². The molecule has 1 heterocycles. The number of amides is 1. The molecule has 1 atom stereocenters. The van der Waals surface area contributed by atoms with E-state index in [1.54, 1.807) is 4.90 Å². The quantitative estimate of drug-likeness (QED) is 0.728. The summed E-state index contributed by atoms with van der Waals surface area (Å²) in [4.78, 5) is 23.5. The topological polar surface area (TPSA) is 74.7 Å². The highest BCUT2D eigenvalue weighted by Gasteiger charge is 2.19. The second-order valence-corrected chi connectivity index (χ2v) is 5.45. The maximum atomic E-state index is 11.6. The number of nitrogens with zero attached hydrogens (tertiary/aromatic N) is 1. The molecule has 0 aromatic heterocycles. The van der Waals surface area contributed by atoms with Crippen molar-refractivity contribution in [1.29, 1.82) is 0 Å². The van der Waals surface area contributed by atoms with Crippen molar-refractivity contribution < 1.29 is 18.9 Å². The van der Waals surface area contributed by atoms with Crippen LogP contribution in [0, 0.1) is 0 Å². The van der Waals surface area contributed by atoms with Crippen molar-refractivity contribution in [2.45, 2.75) is 25.7 Å². The van der Waals surface area contributed by atoms with Gasteiger partial charge in [-0.3, -0.25) is 13.8 Å². The van der Waals surface area contributed by atoms with Gasteiger partial charge in [0.15, 0.2) is 0 Å². The molecular weight excluding hydrogens is 230 g/mol. The molecule has 6 heteroatoms. The zero-order valence-corrected chi connectivity index (χ0v) is 10.0. The molecule has 0 bridgehead atoms. The maximum Gasteiger partial charge on any atom is 0.303 e. The van der Waals surface area contributed by atoms with Crippen LogP contribution in [0.3, 0.4) is 0 Å². The Morgan fingerprint density at radius 3 is 2.44 bits per heavy atom. The summed E-state index contributed by atoms with van der Waals surface area (Å²) in [5.74, 6) is -0.611. The summed E-state index contributed by atoms with van der Waals surface area (Å²) in [5, 5.41) is 8.41. The van der Waals surface area contributed by atoms with E-state index in [0.29, 0.717) is 12.2 Å². The fraction of sp³-hybridized carbons (Fsp3) is 0.800. The molecule has 0 aliphatic carbocycles. The van der Waals surface area contributed by atoms with E-state index in [1.807, 2.05) is 0 Å². The first-order valence-corrected chi connectivity index (χ1v) is 6.93. The number of rotatable bonds is 6. The molecule has 1 rings (SSSR count). The lowest BCUT2D eigenvalue weighted by atomic mass is 10.3. The van der Waals surface area contributed by atoms with Gasteiger partial charge in [-0.1, -0.05) is 0 Å². The molecule has 1 aliphatic heterocycles. The van der Waals surface area contributed by atoms with Gasteiger partial charge in [0.1, 0.15) is 5.75 Å². The van der Waals surface area contributed by atoms with Gasteiger partial charge < -0.3 is 10.0 Å². The average Bonchev–Trinajstić information content (AvgIpc) is 2.69. The lowest BCUT2D eigenvalue weighted by Crippen LogP contribution is -2.32. The highest BCUT2D eigenvalue weighted by molar-refractivity contribution is 7.85. The van der Waals surface area contributed by atoms with Crippen LogP contribution in [-0.4, -0.2) is 50.7 Å². The number of likely N-dealkylation sites (tertiary alicyclic amines) is 1. The summed E-state index contributed by atoms with van der Waals surface area (Å²) in [6.45, 7) is 1.54. The van der Waals surface area contributed by atoms with Crippen molar-refractivity contribution in [2.75, 3.05) is 24.6 Å². The van der Waals surface area contributed by atoms with Gasteiger partial charge in [0.25, 0.3) is 0 Å². The predicted molar refractivity (Wildman–Crippen MR) is 60.6 cm³/mol. The molecule has 0 aromatic rings. The van der Waals surface area contributed by atoms with Gasteiger partial charge >= 0.3 is 5.97 Å². The minimum atomic E-state index is -1.22. The van der Waals surface area contributed by atoms with Gasteiger partial charge in [-0.2, -0.15) is 0 Å². The molecule has 1 fully saturated rings. The second kappa shape index (κ2) is 6.62. The van der Waals surface area contributed by atoms with E-state index in [9.17, 15) is 13.8 Å². The Balaban J connectivity index is 2.17. The summed E-state index contributed by atoms with van der Waals surface area (Å²) >= 11 is 0. The molecule has 1 saturated heterocycles. The minimum absolute atomic E-state index is 0.0175. The van der Waals surface area contributed by atoms with E-state index in [-0.39, 0.29) is 18.1 Å². The third-order valence-corrected chi connectivity index (χ3v) is 3.82. The predicted octanol–water partition coefficient (Wildman–Crippen LogP) is 0.222. The number of hydrogen-bond acceptors (Lipinski definition) is 3. The van der Waals surface area contributed by atoms with Crippen molar-refractivity contribution >= 4 is 22.7 Å². The third-order valence-electron chi connectivity index (χ3n) is 2.51. The number of carboxylic acid groups (broad SMARTS) is 1. The van der Waals surface area contributed by atoms with Gasteiger partial charge in [-0.25, -0.2) is 0 Å². The number of hydrogen-bond donors (Lipinski definition) is 1. The van der Waals surface area contributed by atoms with Crippen LogP contribution in [0.4, 0.5) is 0 Å². The summed E-state index contributed by atoms with van der Waals surface area (Å²) in [7, 11) is -1.22. The summed E-state index contributed by atoms with van der Waals surface area (Å²) < 4.78 is 11.5. The van der Waals surface area contributed by atoms with Crippen LogP contribution in [0.2, 0.25) is 0 Å². The largest absolute Gasteiger partial charge is 0.481 e. The molecule has 0 aromatic carbocycles. The van der Waals surface area contributed by atoms with Gasteiger partial charge in [0.2, 0.25) is 5.91 Å². The van der Waals surface area contributed by atoms with Crippen molar-refractivity contribution in [3.63, 3.8) is 0 Å². The molecule has 5 nitrogen and oxygen atoms in total. The average molecular weight is 247 g/mol. The Hall–Kier alpha value is -0.910. The molecule has 0 saturated carbocycles. The normalized spacial score (nSPS) is 17.4. The van der Waals surface area contributed by atoms with E-state index in [2.05, 4.69) is 0 Å². The Morgan fingerprint density at radius 1 is 1.25 bits per heavy atom. The van der Waals surface area contributed by atoms with Gasteiger partial charge in [-0.15, -0.1) is 0 Å².